The Hall–Kier alpha value is -2.53. The number of aliphatic hydroxyl groups is 1. The molecule has 0 saturated heterocycles. The van der Waals surface area contributed by atoms with Crippen LogP contribution in [0.4, 0.5) is 0 Å². The van der Waals surface area contributed by atoms with Gasteiger partial charge in [-0.3, -0.25) is 4.79 Å². The number of para-hydroxylation sites is 2. The van der Waals surface area contributed by atoms with Crippen molar-refractivity contribution in [1.82, 2.24) is 0 Å². The lowest BCUT2D eigenvalue weighted by molar-refractivity contribution is -0.146. The van der Waals surface area contributed by atoms with Gasteiger partial charge in [0, 0.05) is 6.61 Å². The highest BCUT2D eigenvalue weighted by atomic mass is 16.5. The Bertz CT molecular complexity index is 911. The summed E-state index contributed by atoms with van der Waals surface area (Å²) in [5, 5.41) is 9.13. The molecule has 0 atom stereocenters. The summed E-state index contributed by atoms with van der Waals surface area (Å²) in [5.74, 6) is 4.00. The number of hydrogen-bond acceptors (Lipinski definition) is 5. The minimum Gasteiger partial charge on any atom is -0.496 e. The molecule has 2 aromatic carbocycles. The molecule has 0 aromatic heterocycles. The lowest BCUT2D eigenvalue weighted by Crippen LogP contribution is -2.23. The van der Waals surface area contributed by atoms with Gasteiger partial charge in [0.15, 0.2) is 0 Å². The van der Waals surface area contributed by atoms with Gasteiger partial charge in [-0.15, -0.1) is 0 Å². The quantitative estimate of drug-likeness (QED) is 0.438. The molecule has 2 aliphatic rings. The van der Waals surface area contributed by atoms with E-state index in [0.717, 1.165) is 55.9 Å². The number of aliphatic hydroxyl groups excluding tert-OH is 1. The molecule has 5 heteroatoms. The third-order valence-electron chi connectivity index (χ3n) is 8.01. The fourth-order valence-electron chi connectivity index (χ4n) is 5.75. The van der Waals surface area contributed by atoms with Crippen LogP contribution in [0.2, 0.25) is 0 Å². The van der Waals surface area contributed by atoms with E-state index in [2.05, 4.69) is 24.3 Å². The van der Waals surface area contributed by atoms with Gasteiger partial charge in [0.05, 0.1) is 27.2 Å². The number of rotatable bonds is 8. The number of carbonyl (C=O) groups excluding carboxylic acids is 1. The number of benzene rings is 2. The molecule has 0 amide bonds. The van der Waals surface area contributed by atoms with Gasteiger partial charge < -0.3 is 19.3 Å². The predicted octanol–water partition coefficient (Wildman–Crippen LogP) is 6.25. The van der Waals surface area contributed by atoms with E-state index in [4.69, 9.17) is 19.3 Å². The topological polar surface area (TPSA) is 65.0 Å². The molecule has 0 spiro atoms. The second-order valence-corrected chi connectivity index (χ2v) is 10.3. The molecule has 36 heavy (non-hydrogen) atoms. The Labute approximate surface area is 217 Å². The van der Waals surface area contributed by atoms with Crippen LogP contribution in [0.3, 0.4) is 0 Å². The fraction of sp³-hybridized carbons (Fsp3) is 0.581. The van der Waals surface area contributed by atoms with Gasteiger partial charge in [0.1, 0.15) is 11.5 Å². The van der Waals surface area contributed by atoms with Gasteiger partial charge in [-0.1, -0.05) is 36.4 Å². The average molecular weight is 497 g/mol. The summed E-state index contributed by atoms with van der Waals surface area (Å²) >= 11 is 0. The molecule has 2 saturated carbocycles. The van der Waals surface area contributed by atoms with Crippen LogP contribution in [0.25, 0.3) is 0 Å². The summed E-state index contributed by atoms with van der Waals surface area (Å²) in [6.07, 6.45) is 11.1. The number of ether oxygens (including phenoxy) is 3. The zero-order valence-corrected chi connectivity index (χ0v) is 22.3. The number of esters is 1. The Morgan fingerprint density at radius 1 is 0.694 bits per heavy atom. The molecular formula is C31H44O5. The van der Waals surface area contributed by atoms with Crippen LogP contribution in [0.1, 0.15) is 62.5 Å². The van der Waals surface area contributed by atoms with Crippen LogP contribution < -0.4 is 9.47 Å². The van der Waals surface area contributed by atoms with E-state index in [-0.39, 0.29) is 11.9 Å². The molecule has 198 valence electrons. The van der Waals surface area contributed by atoms with Gasteiger partial charge >= 0.3 is 5.97 Å². The maximum absolute atomic E-state index is 11.5. The molecule has 0 heterocycles. The smallest absolute Gasteiger partial charge is 0.308 e. The Kier molecular flexibility index (Phi) is 11.6. The molecule has 5 nitrogen and oxygen atoms in total. The van der Waals surface area contributed by atoms with Crippen molar-refractivity contribution in [2.75, 3.05) is 27.9 Å². The maximum Gasteiger partial charge on any atom is 0.308 e. The first-order valence-electron chi connectivity index (χ1n) is 13.5. The van der Waals surface area contributed by atoms with Crippen molar-refractivity contribution >= 4 is 5.97 Å². The molecule has 4 rings (SSSR count). The minimum absolute atomic E-state index is 0.0456. The number of carbonyl (C=O) groups is 1. The van der Waals surface area contributed by atoms with Crippen molar-refractivity contribution in [3.05, 3.63) is 59.7 Å². The zero-order chi connectivity index (χ0) is 25.8. The summed E-state index contributed by atoms with van der Waals surface area (Å²) in [4.78, 5) is 11.5. The number of hydrogen-bond donors (Lipinski definition) is 1. The van der Waals surface area contributed by atoms with Crippen molar-refractivity contribution in [1.29, 1.82) is 0 Å². The third-order valence-corrected chi connectivity index (χ3v) is 8.01. The SMILES string of the molecule is COC(=O)C1CCC(Cc2ccccc2OC)CC1.COc1ccccc1CC1CCC(CO)CC1. The zero-order valence-electron chi connectivity index (χ0n) is 22.3. The standard InChI is InChI=1S/C16H22O3.C15H22O2/c1-18-15-6-4-3-5-14(15)11-12-7-9-13(10-8-12)16(17)19-2;1-17-15-5-3-2-4-14(15)10-12-6-8-13(11-16)9-7-12/h3-6,12-13H,7-11H2,1-2H3;2-5,12-13,16H,6-11H2,1H3. The normalized spacial score (nSPS) is 23.7. The molecule has 2 aromatic rings. The summed E-state index contributed by atoms with van der Waals surface area (Å²) in [7, 11) is 4.93. The molecule has 0 unspecified atom stereocenters. The van der Waals surface area contributed by atoms with Crippen LogP contribution >= 0.6 is 0 Å². The average Bonchev–Trinajstić information content (AvgIpc) is 2.94. The van der Waals surface area contributed by atoms with E-state index in [1.807, 2.05) is 24.3 Å². The van der Waals surface area contributed by atoms with Crippen molar-refractivity contribution in [3.63, 3.8) is 0 Å². The highest BCUT2D eigenvalue weighted by molar-refractivity contribution is 5.72. The van der Waals surface area contributed by atoms with E-state index < -0.39 is 0 Å². The van der Waals surface area contributed by atoms with Crippen molar-refractivity contribution < 1.29 is 24.1 Å². The van der Waals surface area contributed by atoms with Gasteiger partial charge in [-0.25, -0.2) is 0 Å². The Morgan fingerprint density at radius 2 is 1.11 bits per heavy atom. The lowest BCUT2D eigenvalue weighted by Gasteiger charge is -2.27. The Balaban J connectivity index is 0.000000202. The second kappa shape index (κ2) is 14.9. The lowest BCUT2D eigenvalue weighted by atomic mass is 9.79. The fourth-order valence-corrected chi connectivity index (χ4v) is 5.75. The first kappa shape index (κ1) is 28.0. The molecular weight excluding hydrogens is 452 g/mol. The summed E-state index contributed by atoms with van der Waals surface area (Å²) in [6, 6.07) is 16.5. The van der Waals surface area contributed by atoms with Crippen LogP contribution in [0.5, 0.6) is 11.5 Å². The third kappa shape index (κ3) is 8.26. The molecule has 1 N–H and O–H groups in total. The second-order valence-electron chi connectivity index (χ2n) is 10.3. The van der Waals surface area contributed by atoms with Crippen LogP contribution in [0, 0.1) is 23.7 Å². The summed E-state index contributed by atoms with van der Waals surface area (Å²) in [6.45, 7) is 0.362. The molecule has 0 bridgehead atoms. The molecule has 2 aliphatic carbocycles. The van der Waals surface area contributed by atoms with Crippen molar-refractivity contribution in [3.8, 4) is 11.5 Å². The van der Waals surface area contributed by atoms with Crippen LogP contribution in [-0.2, 0) is 22.4 Å². The van der Waals surface area contributed by atoms with E-state index in [1.165, 1.54) is 43.9 Å². The van der Waals surface area contributed by atoms with E-state index >= 15 is 0 Å². The summed E-state index contributed by atoms with van der Waals surface area (Å²) < 4.78 is 15.6. The molecule has 0 aliphatic heterocycles. The minimum atomic E-state index is -0.0456. The van der Waals surface area contributed by atoms with E-state index in [9.17, 15) is 4.79 Å². The first-order valence-corrected chi connectivity index (χ1v) is 13.5. The first-order chi connectivity index (χ1) is 17.6. The highest BCUT2D eigenvalue weighted by Gasteiger charge is 2.27. The van der Waals surface area contributed by atoms with E-state index in [0.29, 0.717) is 18.4 Å². The van der Waals surface area contributed by atoms with Gasteiger partial charge in [0.2, 0.25) is 0 Å². The van der Waals surface area contributed by atoms with Crippen LogP contribution in [-0.4, -0.2) is 39.0 Å². The molecule has 2 fully saturated rings. The molecule has 0 radical (unpaired) electrons. The maximum atomic E-state index is 11.5. The van der Waals surface area contributed by atoms with Gasteiger partial charge in [-0.2, -0.15) is 0 Å². The van der Waals surface area contributed by atoms with Gasteiger partial charge in [0.25, 0.3) is 0 Å². The Morgan fingerprint density at radius 3 is 1.53 bits per heavy atom. The monoisotopic (exact) mass is 496 g/mol. The number of methoxy groups -OCH3 is 3. The largest absolute Gasteiger partial charge is 0.496 e. The predicted molar refractivity (Wildman–Crippen MR) is 143 cm³/mol. The van der Waals surface area contributed by atoms with Crippen molar-refractivity contribution in [2.45, 2.75) is 64.2 Å². The highest BCUT2D eigenvalue weighted by Crippen LogP contribution is 2.34. The van der Waals surface area contributed by atoms with Gasteiger partial charge in [-0.05, 0) is 105 Å². The van der Waals surface area contributed by atoms with Crippen molar-refractivity contribution in [2.24, 2.45) is 23.7 Å². The van der Waals surface area contributed by atoms with E-state index in [1.54, 1.807) is 14.2 Å². The van der Waals surface area contributed by atoms with Crippen LogP contribution in [0.15, 0.2) is 48.5 Å². The summed E-state index contributed by atoms with van der Waals surface area (Å²) in [5.41, 5.74) is 2.59.